The second kappa shape index (κ2) is 8.52. The molecule has 6 heteroatoms. The van der Waals surface area contributed by atoms with Crippen LogP contribution < -0.4 is 10.6 Å². The summed E-state index contributed by atoms with van der Waals surface area (Å²) >= 11 is 0. The molecule has 1 aliphatic heterocycles. The number of amides is 1. The lowest BCUT2D eigenvalue weighted by Crippen LogP contribution is -2.21. The maximum absolute atomic E-state index is 12.5. The van der Waals surface area contributed by atoms with Gasteiger partial charge in [-0.2, -0.15) is 6.20 Å². The topological polar surface area (TPSA) is 71.1 Å². The molecular weight excluding hydrogens is 350 g/mol. The van der Waals surface area contributed by atoms with Crippen molar-refractivity contribution in [3.63, 3.8) is 0 Å². The number of hydrogen-bond donors (Lipinski definition) is 2. The van der Waals surface area contributed by atoms with Gasteiger partial charge in [0, 0.05) is 17.6 Å². The highest BCUT2D eigenvalue weighted by atomic mass is 16.1. The van der Waals surface area contributed by atoms with Crippen molar-refractivity contribution >= 4 is 17.8 Å². The lowest BCUT2D eigenvalue weighted by atomic mass is 10.1. The Morgan fingerprint density at radius 3 is 2.79 bits per heavy atom. The molecule has 0 bridgehead atoms. The number of aromatic nitrogens is 1. The van der Waals surface area contributed by atoms with Crippen molar-refractivity contribution in [2.75, 3.05) is 12.4 Å². The minimum Gasteiger partial charge on any atom is -0.683 e. The first kappa shape index (κ1) is 19.4. The van der Waals surface area contributed by atoms with Gasteiger partial charge in [-0.3, -0.25) is 9.78 Å². The summed E-state index contributed by atoms with van der Waals surface area (Å²) < 4.78 is 1.98. The van der Waals surface area contributed by atoms with Crippen molar-refractivity contribution in [3.8, 4) is 0 Å². The maximum Gasteiger partial charge on any atom is 0.257 e. The molecule has 1 atom stereocenters. The Morgan fingerprint density at radius 1 is 1.29 bits per heavy atom. The number of carbonyl (C=O) groups is 1. The number of hydrogen-bond acceptors (Lipinski definition) is 3. The van der Waals surface area contributed by atoms with Crippen molar-refractivity contribution in [3.05, 3.63) is 88.5 Å². The predicted octanol–water partition coefficient (Wildman–Crippen LogP) is 4.01. The van der Waals surface area contributed by atoms with Gasteiger partial charge in [-0.15, -0.1) is 0 Å². The van der Waals surface area contributed by atoms with Crippen LogP contribution >= 0.6 is 0 Å². The van der Waals surface area contributed by atoms with Gasteiger partial charge in [0.15, 0.2) is 18.1 Å². The highest BCUT2D eigenvalue weighted by Gasteiger charge is 2.10. The lowest BCUT2D eigenvalue weighted by Gasteiger charge is -2.26. The molecule has 0 radical (unpaired) electrons. The number of rotatable bonds is 7. The van der Waals surface area contributed by atoms with E-state index in [1.807, 2.05) is 81.3 Å². The Bertz CT molecular complexity index is 975. The third-order valence-corrected chi connectivity index (χ3v) is 4.55. The zero-order valence-corrected chi connectivity index (χ0v) is 16.6. The van der Waals surface area contributed by atoms with Gasteiger partial charge < -0.3 is 16.0 Å². The van der Waals surface area contributed by atoms with E-state index >= 15 is 0 Å². The lowest BCUT2D eigenvalue weighted by molar-refractivity contribution is -0.429. The van der Waals surface area contributed by atoms with E-state index in [1.165, 1.54) is 0 Å². The van der Waals surface area contributed by atoms with Gasteiger partial charge in [-0.1, -0.05) is 30.7 Å². The van der Waals surface area contributed by atoms with Crippen LogP contribution in [-0.2, 0) is 0 Å². The average Bonchev–Trinajstić information content (AvgIpc) is 2.65. The molecule has 1 amide bonds. The van der Waals surface area contributed by atoms with Gasteiger partial charge >= 0.3 is 0 Å². The molecule has 0 spiro atoms. The van der Waals surface area contributed by atoms with Gasteiger partial charge in [0.1, 0.15) is 7.05 Å². The van der Waals surface area contributed by atoms with Crippen LogP contribution in [0.2, 0.25) is 0 Å². The van der Waals surface area contributed by atoms with Gasteiger partial charge in [0.25, 0.3) is 5.91 Å². The molecule has 0 aliphatic carbocycles. The van der Waals surface area contributed by atoms with E-state index in [0.717, 1.165) is 28.2 Å². The molecule has 2 aromatic rings. The summed E-state index contributed by atoms with van der Waals surface area (Å²) in [6.45, 7) is 5.89. The molecular formula is C22H25N5O. The standard InChI is InChI=1S/C22H25N5O/c1-15-10-19(12-25-16(15)2)22(28)26-20-7-5-6-18(11-20)17(3)23-8-9-24-21-13-27(4)14-21/h5-14,17,24H,1-4H3,(H,26,28). The first-order chi connectivity index (χ1) is 13.4. The summed E-state index contributed by atoms with van der Waals surface area (Å²) in [5.74, 6) is -0.170. The zero-order valence-electron chi connectivity index (χ0n) is 16.6. The zero-order chi connectivity index (χ0) is 20.1. The van der Waals surface area contributed by atoms with E-state index in [-0.39, 0.29) is 11.9 Å². The van der Waals surface area contributed by atoms with E-state index in [4.69, 9.17) is 0 Å². The number of benzene rings is 1. The molecule has 6 nitrogen and oxygen atoms in total. The van der Waals surface area contributed by atoms with E-state index in [1.54, 1.807) is 12.4 Å². The number of anilines is 1. The Morgan fingerprint density at radius 2 is 2.07 bits per heavy atom. The minimum absolute atomic E-state index is 0.0276. The van der Waals surface area contributed by atoms with Crippen LogP contribution in [0.3, 0.4) is 0 Å². The van der Waals surface area contributed by atoms with Crippen LogP contribution in [0, 0.1) is 13.8 Å². The molecule has 28 heavy (non-hydrogen) atoms. The third-order valence-electron chi connectivity index (χ3n) is 4.55. The number of carbonyl (C=O) groups excluding carboxylic acids is 1. The minimum atomic E-state index is -0.170. The van der Waals surface area contributed by atoms with Crippen molar-refractivity contribution in [2.45, 2.75) is 26.8 Å². The number of nitrogens with one attached hydrogen (secondary N) is 2. The SMILES string of the molecule is Cc1cc(C(=O)Nc2cccc(C(C)[N-]C=CNC3=C[N+](C)=C3)c2)cnc1C. The van der Waals surface area contributed by atoms with Gasteiger partial charge in [0.05, 0.1) is 5.56 Å². The van der Waals surface area contributed by atoms with Gasteiger partial charge in [-0.05, 0) is 43.8 Å². The van der Waals surface area contributed by atoms with Crippen LogP contribution in [0.15, 0.2) is 60.8 Å². The van der Waals surface area contributed by atoms with E-state index in [0.29, 0.717) is 5.56 Å². The second-order valence-electron chi connectivity index (χ2n) is 6.87. The van der Waals surface area contributed by atoms with Crippen molar-refractivity contribution in [2.24, 2.45) is 0 Å². The van der Waals surface area contributed by atoms with Crippen molar-refractivity contribution in [1.82, 2.24) is 10.3 Å². The molecule has 1 unspecified atom stereocenters. The summed E-state index contributed by atoms with van der Waals surface area (Å²) in [4.78, 5) is 16.7. The summed E-state index contributed by atoms with van der Waals surface area (Å²) in [5, 5.41) is 10.6. The molecule has 0 saturated carbocycles. The van der Waals surface area contributed by atoms with Crippen LogP contribution in [-0.4, -0.2) is 28.7 Å². The number of aryl methyl sites for hydroxylation is 2. The molecule has 1 aliphatic rings. The fraction of sp³-hybridized carbons (Fsp3) is 0.227. The third kappa shape index (κ3) is 4.85. The largest absolute Gasteiger partial charge is 0.683 e. The highest BCUT2D eigenvalue weighted by molar-refractivity contribution is 6.04. The van der Waals surface area contributed by atoms with Crippen LogP contribution in [0.1, 0.15) is 40.1 Å². The normalized spacial score (nSPS) is 14.0. The number of nitrogens with zero attached hydrogens (tertiary/aromatic N) is 3. The second-order valence-corrected chi connectivity index (χ2v) is 6.87. The van der Waals surface area contributed by atoms with Crippen LogP contribution in [0.25, 0.3) is 5.32 Å². The molecule has 1 aromatic heterocycles. The molecule has 1 aromatic carbocycles. The fourth-order valence-corrected chi connectivity index (χ4v) is 2.74. The van der Waals surface area contributed by atoms with Crippen LogP contribution in [0.4, 0.5) is 5.69 Å². The molecule has 2 N–H and O–H groups in total. The molecule has 0 saturated heterocycles. The fourth-order valence-electron chi connectivity index (χ4n) is 2.74. The molecule has 0 fully saturated rings. The smallest absolute Gasteiger partial charge is 0.257 e. The quantitative estimate of drug-likeness (QED) is 0.718. The molecule has 2 heterocycles. The molecule has 3 rings (SSSR count). The Balaban J connectivity index is 1.58. The number of pyridine rings is 1. The van der Waals surface area contributed by atoms with E-state index in [2.05, 4.69) is 20.9 Å². The average molecular weight is 375 g/mol. The van der Waals surface area contributed by atoms with Gasteiger partial charge in [0.2, 0.25) is 0 Å². The number of allylic oxidation sites excluding steroid dienone is 1. The van der Waals surface area contributed by atoms with Gasteiger partial charge in [-0.25, -0.2) is 4.58 Å². The summed E-state index contributed by atoms with van der Waals surface area (Å²) in [6.07, 6.45) is 9.15. The first-order valence-corrected chi connectivity index (χ1v) is 9.17. The maximum atomic E-state index is 12.5. The molecule has 144 valence electrons. The summed E-state index contributed by atoms with van der Waals surface area (Å²) in [7, 11) is 1.98. The summed E-state index contributed by atoms with van der Waals surface area (Å²) in [5.41, 5.74) is 5.28. The Labute approximate surface area is 165 Å². The monoisotopic (exact) mass is 375 g/mol. The Kier molecular flexibility index (Phi) is 5.89. The van der Waals surface area contributed by atoms with E-state index in [9.17, 15) is 4.79 Å². The van der Waals surface area contributed by atoms with Crippen molar-refractivity contribution in [1.29, 1.82) is 0 Å². The van der Waals surface area contributed by atoms with Crippen LogP contribution in [0.5, 0.6) is 0 Å². The highest BCUT2D eigenvalue weighted by Crippen LogP contribution is 2.24. The van der Waals surface area contributed by atoms with Crippen molar-refractivity contribution < 1.29 is 9.37 Å². The predicted molar refractivity (Wildman–Crippen MR) is 112 cm³/mol. The van der Waals surface area contributed by atoms with E-state index < -0.39 is 0 Å². The Hall–Kier alpha value is -3.41. The first-order valence-electron chi connectivity index (χ1n) is 9.17. The summed E-state index contributed by atoms with van der Waals surface area (Å²) in [6, 6.07) is 9.56.